The predicted octanol–water partition coefficient (Wildman–Crippen LogP) is 3.00. The molecule has 0 aliphatic carbocycles. The molecule has 0 aliphatic rings. The Morgan fingerprint density at radius 1 is 1.15 bits per heavy atom. The molecule has 0 N–H and O–H groups in total. The van der Waals surface area contributed by atoms with Crippen LogP contribution in [0.15, 0.2) is 53.7 Å². The third-order valence-corrected chi connectivity index (χ3v) is 4.03. The van der Waals surface area contributed by atoms with Crippen molar-refractivity contribution in [1.82, 2.24) is 9.88 Å². The summed E-state index contributed by atoms with van der Waals surface area (Å²) >= 11 is 1.67. The Bertz CT molecular complexity index is 570. The Labute approximate surface area is 124 Å². The molecular weight excluding hydrogens is 268 g/mol. The van der Waals surface area contributed by atoms with Crippen molar-refractivity contribution in [1.29, 1.82) is 0 Å². The minimum Gasteiger partial charge on any atom is -0.349 e. The standard InChI is InChI=1S/C16H18N2OS/c1-18(2)15(19)11-14-9-6-10-17-16(14)20-12-13-7-4-3-5-8-13/h3-10H,11-12H2,1-2H3. The van der Waals surface area contributed by atoms with Crippen LogP contribution < -0.4 is 0 Å². The largest absolute Gasteiger partial charge is 0.349 e. The highest BCUT2D eigenvalue weighted by molar-refractivity contribution is 7.98. The maximum atomic E-state index is 11.8. The summed E-state index contributed by atoms with van der Waals surface area (Å²) < 4.78 is 0. The monoisotopic (exact) mass is 286 g/mol. The molecule has 0 bridgehead atoms. The number of hydrogen-bond donors (Lipinski definition) is 0. The van der Waals surface area contributed by atoms with Crippen LogP contribution in [0, 0.1) is 0 Å². The fraction of sp³-hybridized carbons (Fsp3) is 0.250. The normalized spacial score (nSPS) is 10.3. The van der Waals surface area contributed by atoms with E-state index in [1.54, 1.807) is 37.0 Å². The van der Waals surface area contributed by atoms with E-state index in [1.807, 2.05) is 30.3 Å². The molecule has 0 saturated carbocycles. The van der Waals surface area contributed by atoms with Gasteiger partial charge in [-0.1, -0.05) is 36.4 Å². The van der Waals surface area contributed by atoms with Gasteiger partial charge in [0, 0.05) is 26.0 Å². The molecule has 104 valence electrons. The summed E-state index contributed by atoms with van der Waals surface area (Å²) in [7, 11) is 3.55. The number of benzene rings is 1. The van der Waals surface area contributed by atoms with Gasteiger partial charge < -0.3 is 4.90 Å². The number of carbonyl (C=O) groups excluding carboxylic acids is 1. The van der Waals surface area contributed by atoms with Crippen LogP contribution in [-0.4, -0.2) is 29.9 Å². The summed E-state index contributed by atoms with van der Waals surface area (Å²) in [6.07, 6.45) is 2.18. The molecule has 3 nitrogen and oxygen atoms in total. The van der Waals surface area contributed by atoms with Gasteiger partial charge in [-0.15, -0.1) is 11.8 Å². The van der Waals surface area contributed by atoms with Gasteiger partial charge >= 0.3 is 0 Å². The van der Waals surface area contributed by atoms with Crippen molar-refractivity contribution in [2.75, 3.05) is 14.1 Å². The molecule has 0 atom stereocenters. The molecule has 0 aliphatic heterocycles. The highest BCUT2D eigenvalue weighted by atomic mass is 32.2. The summed E-state index contributed by atoms with van der Waals surface area (Å²) in [6.45, 7) is 0. The van der Waals surface area contributed by atoms with Gasteiger partial charge in [0.1, 0.15) is 0 Å². The van der Waals surface area contributed by atoms with E-state index >= 15 is 0 Å². The van der Waals surface area contributed by atoms with Gasteiger partial charge in [-0.25, -0.2) is 4.98 Å². The molecule has 1 aromatic carbocycles. The lowest BCUT2D eigenvalue weighted by Crippen LogP contribution is -2.23. The summed E-state index contributed by atoms with van der Waals surface area (Å²) in [5, 5.41) is 0.937. The van der Waals surface area contributed by atoms with Crippen molar-refractivity contribution in [2.45, 2.75) is 17.2 Å². The topological polar surface area (TPSA) is 33.2 Å². The van der Waals surface area contributed by atoms with E-state index in [0.717, 1.165) is 16.3 Å². The van der Waals surface area contributed by atoms with E-state index in [9.17, 15) is 4.79 Å². The van der Waals surface area contributed by atoms with Gasteiger partial charge in [-0.3, -0.25) is 4.79 Å². The van der Waals surface area contributed by atoms with Crippen LogP contribution in [0.2, 0.25) is 0 Å². The SMILES string of the molecule is CN(C)C(=O)Cc1cccnc1SCc1ccccc1. The molecule has 2 aromatic rings. The third kappa shape index (κ3) is 4.10. The first kappa shape index (κ1) is 14.6. The smallest absolute Gasteiger partial charge is 0.226 e. The molecule has 0 unspecified atom stereocenters. The number of hydrogen-bond acceptors (Lipinski definition) is 3. The van der Waals surface area contributed by atoms with Crippen LogP contribution in [0.1, 0.15) is 11.1 Å². The molecule has 4 heteroatoms. The molecule has 0 saturated heterocycles. The van der Waals surface area contributed by atoms with Gasteiger partial charge in [0.05, 0.1) is 11.4 Å². The van der Waals surface area contributed by atoms with E-state index in [4.69, 9.17) is 0 Å². The second-order valence-corrected chi connectivity index (χ2v) is 5.67. The summed E-state index contributed by atoms with van der Waals surface area (Å²) in [4.78, 5) is 17.8. The second kappa shape index (κ2) is 7.10. The Morgan fingerprint density at radius 2 is 1.90 bits per heavy atom. The maximum Gasteiger partial charge on any atom is 0.226 e. The Morgan fingerprint density at radius 3 is 2.60 bits per heavy atom. The zero-order chi connectivity index (χ0) is 14.4. The fourth-order valence-electron chi connectivity index (χ4n) is 1.74. The molecule has 0 radical (unpaired) electrons. The lowest BCUT2D eigenvalue weighted by molar-refractivity contribution is -0.128. The van der Waals surface area contributed by atoms with Gasteiger partial charge in [0.25, 0.3) is 0 Å². The maximum absolute atomic E-state index is 11.8. The Hall–Kier alpha value is -1.81. The number of carbonyl (C=O) groups is 1. The highest BCUT2D eigenvalue weighted by Gasteiger charge is 2.10. The molecule has 2 rings (SSSR count). The number of rotatable bonds is 5. The van der Waals surface area contributed by atoms with Crippen LogP contribution >= 0.6 is 11.8 Å². The average molecular weight is 286 g/mol. The summed E-state index contributed by atoms with van der Waals surface area (Å²) in [6, 6.07) is 14.1. The van der Waals surface area contributed by atoms with Gasteiger partial charge in [-0.05, 0) is 17.2 Å². The predicted molar refractivity (Wildman–Crippen MR) is 82.6 cm³/mol. The number of likely N-dealkylation sites (N-methyl/N-ethyl adjacent to an activating group) is 1. The zero-order valence-corrected chi connectivity index (χ0v) is 12.6. The number of aromatic nitrogens is 1. The van der Waals surface area contributed by atoms with Crippen molar-refractivity contribution < 1.29 is 4.79 Å². The van der Waals surface area contributed by atoms with Gasteiger partial charge in [0.15, 0.2) is 0 Å². The third-order valence-electron chi connectivity index (χ3n) is 2.91. The van der Waals surface area contributed by atoms with Gasteiger partial charge in [-0.2, -0.15) is 0 Å². The molecule has 20 heavy (non-hydrogen) atoms. The van der Waals surface area contributed by atoms with Crippen LogP contribution in [0.3, 0.4) is 0 Å². The first-order chi connectivity index (χ1) is 9.66. The molecule has 0 spiro atoms. The van der Waals surface area contributed by atoms with Crippen LogP contribution in [-0.2, 0) is 17.0 Å². The van der Waals surface area contributed by atoms with E-state index in [0.29, 0.717) is 6.42 Å². The van der Waals surface area contributed by atoms with Crippen LogP contribution in [0.5, 0.6) is 0 Å². The van der Waals surface area contributed by atoms with E-state index in [2.05, 4.69) is 17.1 Å². The molecular formula is C16H18N2OS. The lowest BCUT2D eigenvalue weighted by Gasteiger charge is -2.12. The lowest BCUT2D eigenvalue weighted by atomic mass is 10.2. The minimum atomic E-state index is 0.0968. The molecule has 1 heterocycles. The zero-order valence-electron chi connectivity index (χ0n) is 11.7. The van der Waals surface area contributed by atoms with Crippen LogP contribution in [0.4, 0.5) is 0 Å². The first-order valence-electron chi connectivity index (χ1n) is 6.47. The minimum absolute atomic E-state index is 0.0968. The number of nitrogens with zero attached hydrogens (tertiary/aromatic N) is 2. The number of pyridine rings is 1. The molecule has 0 fully saturated rings. The first-order valence-corrected chi connectivity index (χ1v) is 7.46. The quantitative estimate of drug-likeness (QED) is 0.792. The Kier molecular flexibility index (Phi) is 5.18. The van der Waals surface area contributed by atoms with E-state index < -0.39 is 0 Å². The van der Waals surface area contributed by atoms with Crippen molar-refractivity contribution in [3.8, 4) is 0 Å². The van der Waals surface area contributed by atoms with Crippen molar-refractivity contribution in [3.63, 3.8) is 0 Å². The van der Waals surface area contributed by atoms with E-state index in [-0.39, 0.29) is 5.91 Å². The average Bonchev–Trinajstić information content (AvgIpc) is 2.47. The molecule has 1 aromatic heterocycles. The fourth-order valence-corrected chi connectivity index (χ4v) is 2.69. The molecule has 1 amide bonds. The van der Waals surface area contributed by atoms with E-state index in [1.165, 1.54) is 5.56 Å². The van der Waals surface area contributed by atoms with Crippen molar-refractivity contribution >= 4 is 17.7 Å². The summed E-state index contributed by atoms with van der Waals surface area (Å²) in [5.74, 6) is 0.959. The summed E-state index contributed by atoms with van der Waals surface area (Å²) in [5.41, 5.74) is 2.25. The Balaban J connectivity index is 2.06. The van der Waals surface area contributed by atoms with Crippen molar-refractivity contribution in [2.24, 2.45) is 0 Å². The van der Waals surface area contributed by atoms with Crippen molar-refractivity contribution in [3.05, 3.63) is 59.8 Å². The number of thioether (sulfide) groups is 1. The van der Waals surface area contributed by atoms with Gasteiger partial charge in [0.2, 0.25) is 5.91 Å². The number of amides is 1. The van der Waals surface area contributed by atoms with Crippen LogP contribution in [0.25, 0.3) is 0 Å². The second-order valence-electron chi connectivity index (χ2n) is 4.71. The highest BCUT2D eigenvalue weighted by Crippen LogP contribution is 2.24.